The third-order valence-electron chi connectivity index (χ3n) is 5.99. The zero-order valence-corrected chi connectivity index (χ0v) is 22.9. The number of carbonyl (C=O) groups is 1. The summed E-state index contributed by atoms with van der Waals surface area (Å²) in [7, 11) is 3.16. The van der Waals surface area contributed by atoms with Crippen LogP contribution in [0.2, 0.25) is 0 Å². The highest BCUT2D eigenvalue weighted by Crippen LogP contribution is 2.38. The van der Waals surface area contributed by atoms with Gasteiger partial charge in [0.05, 0.1) is 31.2 Å². The number of nitrogens with one attached hydrogen (secondary N) is 1. The summed E-state index contributed by atoms with van der Waals surface area (Å²) in [5.41, 5.74) is 7.57. The lowest BCUT2D eigenvalue weighted by Crippen LogP contribution is -2.14. The van der Waals surface area contributed by atoms with Crippen LogP contribution in [-0.2, 0) is 4.79 Å². The van der Waals surface area contributed by atoms with E-state index in [1.54, 1.807) is 14.2 Å². The van der Waals surface area contributed by atoms with Crippen LogP contribution in [0.4, 0.5) is 5.69 Å². The minimum atomic E-state index is -0.168. The third-order valence-corrected chi connectivity index (χ3v) is 6.96. The van der Waals surface area contributed by atoms with Gasteiger partial charge in [-0.1, -0.05) is 53.7 Å². The van der Waals surface area contributed by atoms with Crippen LogP contribution in [0.5, 0.6) is 11.5 Å². The topological polar surface area (TPSA) is 84.2 Å². The largest absolute Gasteiger partial charge is 0.493 e. The fourth-order valence-electron chi connectivity index (χ4n) is 4.22. The Morgan fingerprint density at radius 2 is 1.53 bits per heavy atom. The van der Waals surface area contributed by atoms with Crippen molar-refractivity contribution in [2.24, 2.45) is 0 Å². The number of aromatic nitrogens is 1. The van der Waals surface area contributed by atoms with Gasteiger partial charge in [0, 0.05) is 16.8 Å². The van der Waals surface area contributed by atoms with Crippen LogP contribution < -0.4 is 14.8 Å². The van der Waals surface area contributed by atoms with E-state index in [2.05, 4.69) is 17.5 Å². The normalized spacial score (nSPS) is 10.5. The standard InChI is InChI=1S/C31H29N3O3S/c1-19-6-8-22(9-7-19)27-16-25(23-10-11-28(36-4)29(15-23)37-5)26(17-32)31(34-27)38-18-30(35)33-24-13-20(2)12-21(3)14-24/h6-16H,18H2,1-5H3,(H,33,35). The highest BCUT2D eigenvalue weighted by molar-refractivity contribution is 8.00. The predicted octanol–water partition coefficient (Wildman–Crippen LogP) is 6.96. The lowest BCUT2D eigenvalue weighted by atomic mass is 9.98. The molecule has 192 valence electrons. The van der Waals surface area contributed by atoms with Crippen molar-refractivity contribution in [2.75, 3.05) is 25.3 Å². The van der Waals surface area contributed by atoms with Crippen LogP contribution >= 0.6 is 11.8 Å². The molecule has 1 N–H and O–H groups in total. The Balaban J connectivity index is 1.73. The van der Waals surface area contributed by atoms with Crippen LogP contribution in [0, 0.1) is 32.1 Å². The molecule has 0 bridgehead atoms. The Labute approximate surface area is 227 Å². The fraction of sp³-hybridized carbons (Fsp3) is 0.194. The third kappa shape index (κ3) is 6.16. The highest BCUT2D eigenvalue weighted by atomic mass is 32.2. The SMILES string of the molecule is COc1ccc(-c2cc(-c3ccc(C)cc3)nc(SCC(=O)Nc3cc(C)cc(C)c3)c2C#N)cc1OC. The summed E-state index contributed by atoms with van der Waals surface area (Å²) in [4.78, 5) is 17.7. The first-order chi connectivity index (χ1) is 18.3. The molecule has 4 aromatic rings. The maximum Gasteiger partial charge on any atom is 0.234 e. The van der Waals surface area contributed by atoms with Gasteiger partial charge in [0.1, 0.15) is 11.1 Å². The molecule has 0 fully saturated rings. The summed E-state index contributed by atoms with van der Waals surface area (Å²) in [5.74, 6) is 1.10. The lowest BCUT2D eigenvalue weighted by molar-refractivity contribution is -0.113. The second-order valence-corrected chi connectivity index (χ2v) is 9.96. The summed E-state index contributed by atoms with van der Waals surface area (Å²) in [6.07, 6.45) is 0. The number of nitrogens with zero attached hydrogens (tertiary/aromatic N) is 2. The van der Waals surface area contributed by atoms with Gasteiger partial charge >= 0.3 is 0 Å². The molecule has 0 unspecified atom stereocenters. The number of methoxy groups -OCH3 is 2. The molecule has 0 radical (unpaired) electrons. The van der Waals surface area contributed by atoms with Gasteiger partial charge < -0.3 is 14.8 Å². The molecule has 0 aliphatic rings. The van der Waals surface area contributed by atoms with Crippen LogP contribution in [0.25, 0.3) is 22.4 Å². The van der Waals surface area contributed by atoms with Crippen LogP contribution in [0.1, 0.15) is 22.3 Å². The minimum absolute atomic E-state index is 0.109. The van der Waals surface area contributed by atoms with E-state index in [0.29, 0.717) is 33.3 Å². The number of aryl methyl sites for hydroxylation is 3. The Morgan fingerprint density at radius 1 is 0.868 bits per heavy atom. The Kier molecular flexibility index (Phi) is 8.35. The second-order valence-electron chi connectivity index (χ2n) is 9.00. The van der Waals surface area contributed by atoms with Gasteiger partial charge in [-0.3, -0.25) is 4.79 Å². The van der Waals surface area contributed by atoms with Crippen LogP contribution in [-0.4, -0.2) is 30.9 Å². The molecule has 1 aromatic heterocycles. The molecule has 0 spiro atoms. The molecule has 0 aliphatic heterocycles. The maximum atomic E-state index is 12.8. The van der Waals surface area contributed by atoms with E-state index in [1.165, 1.54) is 11.8 Å². The maximum absolute atomic E-state index is 12.8. The van der Waals surface area contributed by atoms with Crippen molar-refractivity contribution in [3.8, 4) is 40.0 Å². The van der Waals surface area contributed by atoms with Gasteiger partial charge in [-0.25, -0.2) is 4.98 Å². The molecule has 0 saturated heterocycles. The summed E-state index contributed by atoms with van der Waals surface area (Å²) >= 11 is 1.24. The average molecular weight is 524 g/mol. The van der Waals surface area contributed by atoms with Crippen molar-refractivity contribution >= 4 is 23.4 Å². The molecule has 0 atom stereocenters. The molecule has 4 rings (SSSR count). The number of benzene rings is 3. The van der Waals surface area contributed by atoms with Gasteiger partial charge in [0.2, 0.25) is 5.91 Å². The summed E-state index contributed by atoms with van der Waals surface area (Å²) in [5, 5.41) is 13.6. The van der Waals surface area contributed by atoms with Crippen LogP contribution in [0.15, 0.2) is 71.8 Å². The molecule has 3 aromatic carbocycles. The van der Waals surface area contributed by atoms with Crippen molar-refractivity contribution in [3.05, 3.63) is 89.0 Å². The van der Waals surface area contributed by atoms with Crippen molar-refractivity contribution in [3.63, 3.8) is 0 Å². The Bertz CT molecular complexity index is 1500. The summed E-state index contributed by atoms with van der Waals surface area (Å²) in [6.45, 7) is 6.01. The van der Waals surface area contributed by atoms with E-state index in [0.717, 1.165) is 33.5 Å². The molecule has 6 nitrogen and oxygen atoms in total. The van der Waals surface area contributed by atoms with Crippen molar-refractivity contribution in [1.82, 2.24) is 4.98 Å². The number of amides is 1. The van der Waals surface area contributed by atoms with Gasteiger partial charge in [0.15, 0.2) is 11.5 Å². The number of rotatable bonds is 8. The molecule has 1 heterocycles. The molecular formula is C31H29N3O3S. The van der Waals surface area contributed by atoms with Crippen LogP contribution in [0.3, 0.4) is 0 Å². The first kappa shape index (κ1) is 26.8. The smallest absolute Gasteiger partial charge is 0.234 e. The monoisotopic (exact) mass is 523 g/mol. The number of nitriles is 1. The number of pyridine rings is 1. The minimum Gasteiger partial charge on any atom is -0.493 e. The molecule has 0 saturated carbocycles. The van der Waals surface area contributed by atoms with E-state index in [9.17, 15) is 10.1 Å². The number of anilines is 1. The number of ether oxygens (including phenoxy) is 2. The zero-order valence-electron chi connectivity index (χ0n) is 22.1. The Morgan fingerprint density at radius 3 is 2.16 bits per heavy atom. The number of carbonyl (C=O) groups excluding carboxylic acids is 1. The summed E-state index contributed by atoms with van der Waals surface area (Å²) in [6, 6.07) is 23.7. The van der Waals surface area contributed by atoms with E-state index in [4.69, 9.17) is 14.5 Å². The number of hydrogen-bond acceptors (Lipinski definition) is 6. The summed E-state index contributed by atoms with van der Waals surface area (Å²) < 4.78 is 10.9. The fourth-order valence-corrected chi connectivity index (χ4v) is 5.02. The quantitative estimate of drug-likeness (QED) is 0.251. The Hall–Kier alpha value is -4.28. The molecule has 0 aliphatic carbocycles. The molecular weight excluding hydrogens is 494 g/mol. The zero-order chi connectivity index (χ0) is 27.2. The second kappa shape index (κ2) is 11.8. The van der Waals surface area contributed by atoms with E-state index >= 15 is 0 Å². The molecule has 7 heteroatoms. The molecule has 1 amide bonds. The van der Waals surface area contributed by atoms with Gasteiger partial charge in [-0.05, 0) is 67.8 Å². The first-order valence-corrected chi connectivity index (χ1v) is 13.1. The predicted molar refractivity (Wildman–Crippen MR) is 153 cm³/mol. The molecule has 38 heavy (non-hydrogen) atoms. The highest BCUT2D eigenvalue weighted by Gasteiger charge is 2.18. The number of hydrogen-bond donors (Lipinski definition) is 1. The van der Waals surface area contributed by atoms with Crippen molar-refractivity contribution in [2.45, 2.75) is 25.8 Å². The van der Waals surface area contributed by atoms with Crippen molar-refractivity contribution < 1.29 is 14.3 Å². The van der Waals surface area contributed by atoms with Gasteiger partial charge in [-0.2, -0.15) is 5.26 Å². The van der Waals surface area contributed by atoms with E-state index in [1.807, 2.05) is 81.4 Å². The number of thioether (sulfide) groups is 1. The van der Waals surface area contributed by atoms with E-state index in [-0.39, 0.29) is 11.7 Å². The van der Waals surface area contributed by atoms with Crippen molar-refractivity contribution in [1.29, 1.82) is 5.26 Å². The van der Waals surface area contributed by atoms with Gasteiger partial charge in [-0.15, -0.1) is 0 Å². The first-order valence-electron chi connectivity index (χ1n) is 12.1. The van der Waals surface area contributed by atoms with Gasteiger partial charge in [0.25, 0.3) is 0 Å². The average Bonchev–Trinajstić information content (AvgIpc) is 2.90. The van der Waals surface area contributed by atoms with E-state index < -0.39 is 0 Å². The lowest BCUT2D eigenvalue weighted by Gasteiger charge is -2.15.